The third-order valence-corrected chi connectivity index (χ3v) is 2.74. The van der Waals surface area contributed by atoms with Gasteiger partial charge in [0.15, 0.2) is 0 Å². The molecule has 0 saturated heterocycles. The van der Waals surface area contributed by atoms with Crippen LogP contribution in [-0.4, -0.2) is 21.5 Å². The summed E-state index contributed by atoms with van der Waals surface area (Å²) < 4.78 is 14.8. The van der Waals surface area contributed by atoms with Gasteiger partial charge in [0.25, 0.3) is 0 Å². The van der Waals surface area contributed by atoms with Gasteiger partial charge in [-0.25, -0.2) is 4.39 Å². The average molecular weight is 270 g/mol. The minimum absolute atomic E-state index is 0.0525. The van der Waals surface area contributed by atoms with Gasteiger partial charge in [-0.1, -0.05) is 11.6 Å². The van der Waals surface area contributed by atoms with Crippen LogP contribution >= 0.6 is 11.6 Å². The molecule has 0 fully saturated rings. The van der Waals surface area contributed by atoms with Crippen LogP contribution in [0.5, 0.6) is 0 Å². The van der Waals surface area contributed by atoms with Crippen molar-refractivity contribution in [2.75, 3.05) is 11.9 Å². The van der Waals surface area contributed by atoms with Crippen LogP contribution in [0.4, 0.5) is 10.1 Å². The van der Waals surface area contributed by atoms with E-state index in [1.165, 1.54) is 12.1 Å². The van der Waals surface area contributed by atoms with E-state index in [0.29, 0.717) is 18.8 Å². The molecule has 0 bridgehead atoms. The lowest BCUT2D eigenvalue weighted by atomic mass is 10.3. The van der Waals surface area contributed by atoms with Crippen LogP contribution in [0, 0.1) is 5.82 Å². The van der Waals surface area contributed by atoms with E-state index in [1.807, 2.05) is 6.20 Å². The van der Waals surface area contributed by atoms with Crippen LogP contribution in [0.15, 0.2) is 30.6 Å². The van der Waals surface area contributed by atoms with Gasteiger partial charge in [0.1, 0.15) is 5.82 Å². The third-order valence-electron chi connectivity index (χ3n) is 2.43. The molecule has 1 heterocycles. The van der Waals surface area contributed by atoms with Crippen LogP contribution in [0.2, 0.25) is 5.02 Å². The largest absolute Gasteiger partial charge is 0.394 e. The highest BCUT2D eigenvalue weighted by atomic mass is 35.5. The maximum absolute atomic E-state index is 13.2. The molecule has 0 spiro atoms. The van der Waals surface area contributed by atoms with E-state index in [4.69, 9.17) is 16.7 Å². The van der Waals surface area contributed by atoms with Crippen LogP contribution in [0.3, 0.4) is 0 Å². The molecule has 0 aliphatic carbocycles. The van der Waals surface area contributed by atoms with Crippen molar-refractivity contribution in [3.05, 3.63) is 47.0 Å². The zero-order valence-corrected chi connectivity index (χ0v) is 10.4. The summed E-state index contributed by atoms with van der Waals surface area (Å²) in [5, 5.41) is 16.0. The van der Waals surface area contributed by atoms with Crippen molar-refractivity contribution in [1.82, 2.24) is 9.78 Å². The highest BCUT2D eigenvalue weighted by Crippen LogP contribution is 2.19. The Morgan fingerprint density at radius 1 is 1.44 bits per heavy atom. The summed E-state index contributed by atoms with van der Waals surface area (Å²) >= 11 is 5.60. The molecule has 2 N–H and O–H groups in total. The molecule has 1 aromatic heterocycles. The van der Waals surface area contributed by atoms with Gasteiger partial charge in [-0.3, -0.25) is 4.68 Å². The monoisotopic (exact) mass is 269 g/mol. The predicted octanol–water partition coefficient (Wildman–Crippen LogP) is 2.28. The molecule has 2 aromatic rings. The van der Waals surface area contributed by atoms with Crippen molar-refractivity contribution in [2.24, 2.45) is 0 Å². The van der Waals surface area contributed by atoms with E-state index in [1.54, 1.807) is 16.9 Å². The summed E-state index contributed by atoms with van der Waals surface area (Å²) in [5.41, 5.74) is 1.62. The number of nitrogens with one attached hydrogen (secondary N) is 1. The van der Waals surface area contributed by atoms with Crippen LogP contribution < -0.4 is 5.32 Å². The van der Waals surface area contributed by atoms with Gasteiger partial charge in [-0.2, -0.15) is 5.10 Å². The molecule has 6 heteroatoms. The second kappa shape index (κ2) is 5.84. The summed E-state index contributed by atoms with van der Waals surface area (Å²) in [4.78, 5) is 0. The molecule has 0 saturated carbocycles. The Balaban J connectivity index is 1.95. The van der Waals surface area contributed by atoms with E-state index < -0.39 is 5.82 Å². The van der Waals surface area contributed by atoms with Crippen molar-refractivity contribution < 1.29 is 9.50 Å². The maximum Gasteiger partial charge on any atom is 0.143 e. The normalized spacial score (nSPS) is 10.6. The van der Waals surface area contributed by atoms with E-state index in [0.717, 1.165) is 5.56 Å². The van der Waals surface area contributed by atoms with Gasteiger partial charge >= 0.3 is 0 Å². The number of hydrogen-bond donors (Lipinski definition) is 2. The van der Waals surface area contributed by atoms with Gasteiger partial charge in [-0.15, -0.1) is 0 Å². The van der Waals surface area contributed by atoms with Crippen molar-refractivity contribution in [2.45, 2.75) is 13.1 Å². The van der Waals surface area contributed by atoms with Crippen LogP contribution in [-0.2, 0) is 13.1 Å². The topological polar surface area (TPSA) is 50.1 Å². The van der Waals surface area contributed by atoms with Crippen molar-refractivity contribution in [3.8, 4) is 0 Å². The molecular weight excluding hydrogens is 257 g/mol. The minimum atomic E-state index is -0.447. The fourth-order valence-corrected chi connectivity index (χ4v) is 1.65. The third kappa shape index (κ3) is 3.21. The zero-order valence-electron chi connectivity index (χ0n) is 9.61. The number of rotatable bonds is 5. The van der Waals surface area contributed by atoms with E-state index in [2.05, 4.69) is 10.4 Å². The second-order valence-corrected chi connectivity index (χ2v) is 4.22. The Labute approximate surface area is 109 Å². The summed E-state index contributed by atoms with van der Waals surface area (Å²) in [5.74, 6) is -0.447. The average Bonchev–Trinajstić information content (AvgIpc) is 2.79. The molecule has 0 atom stereocenters. The summed E-state index contributed by atoms with van der Waals surface area (Å²) in [6, 6.07) is 4.57. The fraction of sp³-hybridized carbons (Fsp3) is 0.250. The predicted molar refractivity (Wildman–Crippen MR) is 68.0 cm³/mol. The number of aliphatic hydroxyl groups is 1. The summed E-state index contributed by atoms with van der Waals surface area (Å²) in [7, 11) is 0. The standard InChI is InChI=1S/C12H13ClFN3O/c13-11-2-1-10(5-12(11)14)15-6-9-7-16-17(8-9)3-4-18/h1-2,5,7-8,15,18H,3-4,6H2. The Morgan fingerprint density at radius 3 is 3.00 bits per heavy atom. The number of halogens is 2. The molecule has 2 rings (SSSR count). The van der Waals surface area contributed by atoms with Crippen LogP contribution in [0.25, 0.3) is 0 Å². The first kappa shape index (κ1) is 12.9. The first-order valence-electron chi connectivity index (χ1n) is 5.50. The van der Waals surface area contributed by atoms with E-state index >= 15 is 0 Å². The molecule has 0 unspecified atom stereocenters. The van der Waals surface area contributed by atoms with Gasteiger partial charge in [-0.05, 0) is 18.2 Å². The number of nitrogens with zero attached hydrogens (tertiary/aromatic N) is 2. The van der Waals surface area contributed by atoms with Crippen molar-refractivity contribution in [1.29, 1.82) is 0 Å². The molecule has 0 amide bonds. The molecule has 96 valence electrons. The van der Waals surface area contributed by atoms with Gasteiger partial charge < -0.3 is 10.4 Å². The first-order chi connectivity index (χ1) is 8.69. The highest BCUT2D eigenvalue weighted by Gasteiger charge is 2.02. The second-order valence-electron chi connectivity index (χ2n) is 3.82. The smallest absolute Gasteiger partial charge is 0.143 e. The quantitative estimate of drug-likeness (QED) is 0.876. The van der Waals surface area contributed by atoms with E-state index in [-0.39, 0.29) is 11.6 Å². The number of hydrogen-bond acceptors (Lipinski definition) is 3. The fourth-order valence-electron chi connectivity index (χ4n) is 1.53. The summed E-state index contributed by atoms with van der Waals surface area (Å²) in [6.45, 7) is 1.05. The lowest BCUT2D eigenvalue weighted by Crippen LogP contribution is -2.02. The Hall–Kier alpha value is -1.59. The molecule has 0 aliphatic heterocycles. The van der Waals surface area contributed by atoms with Gasteiger partial charge in [0.05, 0.1) is 24.4 Å². The molecule has 4 nitrogen and oxygen atoms in total. The number of anilines is 1. The Morgan fingerprint density at radius 2 is 2.28 bits per heavy atom. The lowest BCUT2D eigenvalue weighted by molar-refractivity contribution is 0.269. The van der Waals surface area contributed by atoms with Gasteiger partial charge in [0, 0.05) is 24.0 Å². The molecule has 18 heavy (non-hydrogen) atoms. The number of aromatic nitrogens is 2. The van der Waals surface area contributed by atoms with E-state index in [9.17, 15) is 4.39 Å². The van der Waals surface area contributed by atoms with Crippen molar-refractivity contribution in [3.63, 3.8) is 0 Å². The highest BCUT2D eigenvalue weighted by molar-refractivity contribution is 6.30. The maximum atomic E-state index is 13.2. The van der Waals surface area contributed by atoms with Crippen molar-refractivity contribution >= 4 is 17.3 Å². The Kier molecular flexibility index (Phi) is 4.17. The lowest BCUT2D eigenvalue weighted by Gasteiger charge is -2.05. The molecule has 1 aromatic carbocycles. The Bertz CT molecular complexity index is 530. The molecule has 0 radical (unpaired) electrons. The zero-order chi connectivity index (χ0) is 13.0. The minimum Gasteiger partial charge on any atom is -0.394 e. The molecular formula is C12H13ClFN3O. The summed E-state index contributed by atoms with van der Waals surface area (Å²) in [6.07, 6.45) is 3.53. The number of aliphatic hydroxyl groups excluding tert-OH is 1. The molecule has 0 aliphatic rings. The van der Waals surface area contributed by atoms with Crippen LogP contribution in [0.1, 0.15) is 5.56 Å². The number of benzene rings is 1. The van der Waals surface area contributed by atoms with Gasteiger partial charge in [0.2, 0.25) is 0 Å². The first-order valence-corrected chi connectivity index (χ1v) is 5.88. The SMILES string of the molecule is OCCn1cc(CNc2ccc(Cl)c(F)c2)cn1.